The highest BCUT2D eigenvalue weighted by Crippen LogP contribution is 2.25. The van der Waals surface area contributed by atoms with Gasteiger partial charge >= 0.3 is 0 Å². The highest BCUT2D eigenvalue weighted by Gasteiger charge is 2.20. The number of hydrogen-bond acceptors (Lipinski definition) is 5. The standard InChI is InChI=1S/C25H27ClN2O3/c26-20-9-11-21(12-10-20)28-15-13-27(14-16-28)18-22(29)19-30-24-7-4-8-25(17-24)31-23-5-2-1-3-6-23/h1-12,17,22,29H,13-16,18-19H2/t22-/m1/s1. The van der Waals surface area contributed by atoms with Gasteiger partial charge in [0.1, 0.15) is 30.0 Å². The quantitative estimate of drug-likeness (QED) is 0.552. The SMILES string of the molecule is O[C@@H](COc1cccc(Oc2ccccc2)c1)CN1CCN(c2ccc(Cl)cc2)CC1. The molecule has 0 amide bonds. The molecule has 0 bridgehead atoms. The van der Waals surface area contributed by atoms with Crippen molar-refractivity contribution in [3.05, 3.63) is 83.9 Å². The van der Waals surface area contributed by atoms with Gasteiger partial charge in [-0.3, -0.25) is 4.90 Å². The molecular weight excluding hydrogens is 412 g/mol. The first-order chi connectivity index (χ1) is 15.2. The fraction of sp³-hybridized carbons (Fsp3) is 0.280. The van der Waals surface area contributed by atoms with E-state index >= 15 is 0 Å². The largest absolute Gasteiger partial charge is 0.491 e. The second-order valence-corrected chi connectivity index (χ2v) is 8.06. The van der Waals surface area contributed by atoms with Crippen LogP contribution in [0.15, 0.2) is 78.9 Å². The average Bonchev–Trinajstić information content (AvgIpc) is 2.80. The first kappa shape index (κ1) is 21.5. The highest BCUT2D eigenvalue weighted by molar-refractivity contribution is 6.30. The van der Waals surface area contributed by atoms with Gasteiger partial charge in [0.2, 0.25) is 0 Å². The number of aliphatic hydroxyl groups excluding tert-OH is 1. The molecule has 1 atom stereocenters. The minimum atomic E-state index is -0.555. The molecule has 0 aromatic heterocycles. The van der Waals surface area contributed by atoms with E-state index in [1.54, 1.807) is 0 Å². The number of rotatable bonds is 8. The molecule has 0 unspecified atom stereocenters. The molecular formula is C25H27ClN2O3. The van der Waals surface area contributed by atoms with Gasteiger partial charge in [0, 0.05) is 49.5 Å². The number of ether oxygens (including phenoxy) is 2. The third-order valence-corrected chi connectivity index (χ3v) is 5.51. The summed E-state index contributed by atoms with van der Waals surface area (Å²) in [6.07, 6.45) is -0.555. The maximum atomic E-state index is 10.5. The normalized spacial score (nSPS) is 15.5. The van der Waals surface area contributed by atoms with Crippen LogP contribution in [0.2, 0.25) is 5.02 Å². The molecule has 0 saturated carbocycles. The molecule has 1 fully saturated rings. The van der Waals surface area contributed by atoms with Crippen molar-refractivity contribution >= 4 is 17.3 Å². The molecule has 31 heavy (non-hydrogen) atoms. The molecule has 3 aromatic carbocycles. The van der Waals surface area contributed by atoms with Gasteiger partial charge in [-0.15, -0.1) is 0 Å². The fourth-order valence-corrected chi connectivity index (χ4v) is 3.76. The van der Waals surface area contributed by atoms with Gasteiger partial charge in [-0.25, -0.2) is 0 Å². The van der Waals surface area contributed by atoms with Crippen molar-refractivity contribution in [3.8, 4) is 17.2 Å². The zero-order valence-electron chi connectivity index (χ0n) is 17.4. The molecule has 0 aliphatic carbocycles. The summed E-state index contributed by atoms with van der Waals surface area (Å²) in [6.45, 7) is 4.49. The maximum Gasteiger partial charge on any atom is 0.131 e. The number of hydrogen-bond donors (Lipinski definition) is 1. The van der Waals surface area contributed by atoms with Crippen LogP contribution in [0.25, 0.3) is 0 Å². The molecule has 1 aliphatic rings. The first-order valence-electron chi connectivity index (χ1n) is 10.5. The van der Waals surface area contributed by atoms with E-state index in [0.29, 0.717) is 18.0 Å². The first-order valence-corrected chi connectivity index (χ1v) is 10.9. The Balaban J connectivity index is 1.21. The van der Waals surface area contributed by atoms with E-state index in [2.05, 4.69) is 21.9 Å². The summed E-state index contributed by atoms with van der Waals surface area (Å²) >= 11 is 5.98. The number of aliphatic hydroxyl groups is 1. The minimum Gasteiger partial charge on any atom is -0.491 e. The lowest BCUT2D eigenvalue weighted by molar-refractivity contribution is 0.0662. The van der Waals surface area contributed by atoms with Crippen LogP contribution in [0, 0.1) is 0 Å². The number of piperazine rings is 1. The van der Waals surface area contributed by atoms with Crippen molar-refractivity contribution in [1.82, 2.24) is 4.90 Å². The lowest BCUT2D eigenvalue weighted by atomic mass is 10.2. The maximum absolute atomic E-state index is 10.5. The Kier molecular flexibility index (Phi) is 7.30. The summed E-state index contributed by atoms with van der Waals surface area (Å²) in [6, 6.07) is 25.1. The monoisotopic (exact) mass is 438 g/mol. The summed E-state index contributed by atoms with van der Waals surface area (Å²) < 4.78 is 11.6. The smallest absolute Gasteiger partial charge is 0.131 e. The van der Waals surface area contributed by atoms with E-state index in [-0.39, 0.29) is 6.61 Å². The van der Waals surface area contributed by atoms with Crippen molar-refractivity contribution in [1.29, 1.82) is 0 Å². The fourth-order valence-electron chi connectivity index (χ4n) is 3.64. The van der Waals surface area contributed by atoms with Gasteiger partial charge in [-0.2, -0.15) is 0 Å². The van der Waals surface area contributed by atoms with Crippen LogP contribution in [-0.2, 0) is 0 Å². The van der Waals surface area contributed by atoms with Crippen LogP contribution in [0.1, 0.15) is 0 Å². The summed E-state index contributed by atoms with van der Waals surface area (Å²) in [7, 11) is 0. The Hall–Kier alpha value is -2.73. The number of benzene rings is 3. The third kappa shape index (κ3) is 6.37. The van der Waals surface area contributed by atoms with Crippen molar-refractivity contribution in [2.24, 2.45) is 0 Å². The number of halogens is 1. The second kappa shape index (κ2) is 10.5. The molecule has 1 N–H and O–H groups in total. The summed E-state index contributed by atoms with van der Waals surface area (Å²) in [5, 5.41) is 11.2. The van der Waals surface area contributed by atoms with Crippen LogP contribution >= 0.6 is 11.6 Å². The lowest BCUT2D eigenvalue weighted by Gasteiger charge is -2.36. The van der Waals surface area contributed by atoms with Gasteiger partial charge in [-0.05, 0) is 48.5 Å². The highest BCUT2D eigenvalue weighted by atomic mass is 35.5. The second-order valence-electron chi connectivity index (χ2n) is 7.62. The molecule has 4 rings (SSSR count). The topological polar surface area (TPSA) is 45.2 Å². The molecule has 1 aliphatic heterocycles. The Bertz CT molecular complexity index is 944. The Morgan fingerprint density at radius 2 is 1.48 bits per heavy atom. The molecule has 162 valence electrons. The van der Waals surface area contributed by atoms with E-state index in [9.17, 15) is 5.11 Å². The number of nitrogens with zero attached hydrogens (tertiary/aromatic N) is 2. The van der Waals surface area contributed by atoms with E-state index in [0.717, 1.165) is 37.0 Å². The van der Waals surface area contributed by atoms with Gasteiger partial charge in [0.15, 0.2) is 0 Å². The molecule has 5 nitrogen and oxygen atoms in total. The third-order valence-electron chi connectivity index (χ3n) is 5.26. The molecule has 1 saturated heterocycles. The molecule has 3 aromatic rings. The Labute approximate surface area is 188 Å². The number of anilines is 1. The van der Waals surface area contributed by atoms with Gasteiger partial charge in [0.25, 0.3) is 0 Å². The van der Waals surface area contributed by atoms with Crippen molar-refractivity contribution in [2.75, 3.05) is 44.2 Å². The summed E-state index contributed by atoms with van der Waals surface area (Å²) in [4.78, 5) is 4.61. The lowest BCUT2D eigenvalue weighted by Crippen LogP contribution is -2.49. The van der Waals surface area contributed by atoms with Crippen LogP contribution in [0.3, 0.4) is 0 Å². The minimum absolute atomic E-state index is 0.242. The predicted octanol–water partition coefficient (Wildman–Crippen LogP) is 4.69. The van der Waals surface area contributed by atoms with Crippen LogP contribution in [-0.4, -0.2) is 55.4 Å². The van der Waals surface area contributed by atoms with Gasteiger partial charge < -0.3 is 19.5 Å². The zero-order chi connectivity index (χ0) is 21.5. The molecule has 1 heterocycles. The summed E-state index contributed by atoms with van der Waals surface area (Å²) in [5.74, 6) is 2.16. The van der Waals surface area contributed by atoms with Crippen LogP contribution < -0.4 is 14.4 Å². The predicted molar refractivity (Wildman–Crippen MR) is 125 cm³/mol. The van der Waals surface area contributed by atoms with E-state index in [1.165, 1.54) is 5.69 Å². The Morgan fingerprint density at radius 1 is 0.806 bits per heavy atom. The average molecular weight is 439 g/mol. The van der Waals surface area contributed by atoms with Crippen molar-refractivity contribution in [2.45, 2.75) is 6.10 Å². The van der Waals surface area contributed by atoms with Crippen LogP contribution in [0.5, 0.6) is 17.2 Å². The van der Waals surface area contributed by atoms with E-state index in [1.807, 2.05) is 66.7 Å². The van der Waals surface area contributed by atoms with Crippen molar-refractivity contribution in [3.63, 3.8) is 0 Å². The van der Waals surface area contributed by atoms with Gasteiger partial charge in [0.05, 0.1) is 0 Å². The number of para-hydroxylation sites is 1. The summed E-state index contributed by atoms with van der Waals surface area (Å²) in [5.41, 5.74) is 1.19. The van der Waals surface area contributed by atoms with E-state index in [4.69, 9.17) is 21.1 Å². The molecule has 0 radical (unpaired) electrons. The zero-order valence-corrected chi connectivity index (χ0v) is 18.1. The Morgan fingerprint density at radius 3 is 2.23 bits per heavy atom. The van der Waals surface area contributed by atoms with Crippen LogP contribution in [0.4, 0.5) is 5.69 Å². The molecule has 0 spiro atoms. The molecule has 6 heteroatoms. The van der Waals surface area contributed by atoms with Crippen molar-refractivity contribution < 1.29 is 14.6 Å². The van der Waals surface area contributed by atoms with Gasteiger partial charge in [-0.1, -0.05) is 35.9 Å². The number of β-amino-alcohol motifs (C(OH)–C–C–N with tert-alkyl or cyclic N) is 1. The van der Waals surface area contributed by atoms with E-state index < -0.39 is 6.10 Å².